The Morgan fingerprint density at radius 1 is 0.390 bits per heavy atom. The molecular weight excluding hydrogens is 721 g/mol. The smallest absolute Gasteiger partial charge is 0.160 e. The van der Waals surface area contributed by atoms with E-state index in [1.165, 1.54) is 0 Å². The number of para-hydroxylation sites is 2. The Labute approximate surface area is 341 Å². The highest BCUT2D eigenvalue weighted by molar-refractivity contribution is 6.09. The van der Waals surface area contributed by atoms with E-state index >= 15 is 0 Å². The van der Waals surface area contributed by atoms with Gasteiger partial charge >= 0.3 is 0 Å². The van der Waals surface area contributed by atoms with Gasteiger partial charge in [-0.25, -0.2) is 15.0 Å². The summed E-state index contributed by atoms with van der Waals surface area (Å²) in [6, 6.07) is 69.7. The summed E-state index contributed by atoms with van der Waals surface area (Å²) in [5, 5.41) is 2.21. The van der Waals surface area contributed by atoms with Crippen LogP contribution in [-0.4, -0.2) is 19.5 Å². The molecule has 8 aromatic carbocycles. The Bertz CT molecular complexity index is 3310. The second-order valence-electron chi connectivity index (χ2n) is 14.9. The van der Waals surface area contributed by atoms with Gasteiger partial charge in [0, 0.05) is 45.6 Å². The molecule has 0 aliphatic heterocycles. The lowest BCUT2D eigenvalue weighted by Crippen LogP contribution is -1.96. The largest absolute Gasteiger partial charge is 0.455 e. The van der Waals surface area contributed by atoms with Crippen LogP contribution in [-0.2, 0) is 7.05 Å². The predicted octanol–water partition coefficient (Wildman–Crippen LogP) is 13.9. The molecule has 0 amide bonds. The SMILES string of the molecule is Cn1c(-c2ccccc2)nc2ccc(-c3ccc(-c4cc(-c5cc(-c6ccccc6)cc(-c6cccc7c6oc6ccccc67)c5)nc(-c5ccccc5)n4)cc3)cc21. The highest BCUT2D eigenvalue weighted by Crippen LogP contribution is 2.40. The third-order valence-corrected chi connectivity index (χ3v) is 11.2. The van der Waals surface area contributed by atoms with Gasteiger partial charge in [0.15, 0.2) is 5.82 Å². The second-order valence-corrected chi connectivity index (χ2v) is 14.9. The van der Waals surface area contributed by atoms with Crippen LogP contribution in [0.5, 0.6) is 0 Å². The molecule has 5 nitrogen and oxygen atoms in total. The van der Waals surface area contributed by atoms with Crippen molar-refractivity contribution in [1.82, 2.24) is 19.5 Å². The summed E-state index contributed by atoms with van der Waals surface area (Å²) in [4.78, 5) is 15.4. The molecule has 0 aliphatic rings. The molecule has 0 spiro atoms. The Morgan fingerprint density at radius 3 is 1.73 bits per heavy atom. The monoisotopic (exact) mass is 756 g/mol. The summed E-state index contributed by atoms with van der Waals surface area (Å²) < 4.78 is 8.71. The van der Waals surface area contributed by atoms with Crippen molar-refractivity contribution in [1.29, 1.82) is 0 Å². The fourth-order valence-electron chi connectivity index (χ4n) is 8.21. The summed E-state index contributed by atoms with van der Waals surface area (Å²) in [6.45, 7) is 0. The average molecular weight is 757 g/mol. The van der Waals surface area contributed by atoms with Gasteiger partial charge in [-0.2, -0.15) is 0 Å². The Morgan fingerprint density at radius 2 is 0.966 bits per heavy atom. The van der Waals surface area contributed by atoms with Crippen LogP contribution in [0.25, 0.3) is 112 Å². The van der Waals surface area contributed by atoms with Crippen LogP contribution in [0.15, 0.2) is 205 Å². The van der Waals surface area contributed by atoms with Crippen LogP contribution in [0.3, 0.4) is 0 Å². The van der Waals surface area contributed by atoms with Gasteiger partial charge in [0.1, 0.15) is 17.0 Å². The van der Waals surface area contributed by atoms with Crippen LogP contribution >= 0.6 is 0 Å². The first-order valence-electron chi connectivity index (χ1n) is 19.8. The number of imidazole rings is 1. The molecule has 0 N–H and O–H groups in total. The van der Waals surface area contributed by atoms with Crippen LogP contribution < -0.4 is 0 Å². The maximum Gasteiger partial charge on any atom is 0.160 e. The molecule has 0 saturated carbocycles. The van der Waals surface area contributed by atoms with Crippen LogP contribution in [0.1, 0.15) is 0 Å². The molecule has 0 radical (unpaired) electrons. The zero-order valence-corrected chi connectivity index (χ0v) is 32.2. The molecule has 59 heavy (non-hydrogen) atoms. The van der Waals surface area contributed by atoms with E-state index in [4.69, 9.17) is 19.4 Å². The molecule has 0 atom stereocenters. The van der Waals surface area contributed by atoms with Gasteiger partial charge in [0.05, 0.1) is 22.4 Å². The number of hydrogen-bond acceptors (Lipinski definition) is 4. The highest BCUT2D eigenvalue weighted by atomic mass is 16.3. The number of rotatable bonds is 7. The molecule has 0 bridgehead atoms. The van der Waals surface area contributed by atoms with Gasteiger partial charge in [0.2, 0.25) is 0 Å². The minimum atomic E-state index is 0.670. The van der Waals surface area contributed by atoms with Gasteiger partial charge in [0.25, 0.3) is 0 Å². The van der Waals surface area contributed by atoms with Gasteiger partial charge in [-0.15, -0.1) is 0 Å². The molecule has 0 saturated heterocycles. The number of aromatic nitrogens is 4. The van der Waals surface area contributed by atoms with Crippen LogP contribution in [0, 0.1) is 0 Å². The van der Waals surface area contributed by atoms with Crippen molar-refractivity contribution in [3.63, 3.8) is 0 Å². The third-order valence-electron chi connectivity index (χ3n) is 11.2. The molecule has 3 heterocycles. The summed E-state index contributed by atoms with van der Waals surface area (Å²) in [6.07, 6.45) is 0. The normalized spacial score (nSPS) is 11.5. The van der Waals surface area contributed by atoms with E-state index in [-0.39, 0.29) is 0 Å². The maximum absolute atomic E-state index is 6.54. The molecule has 0 fully saturated rings. The van der Waals surface area contributed by atoms with E-state index in [0.29, 0.717) is 5.82 Å². The summed E-state index contributed by atoms with van der Waals surface area (Å²) in [5.74, 6) is 1.62. The summed E-state index contributed by atoms with van der Waals surface area (Å²) >= 11 is 0. The lowest BCUT2D eigenvalue weighted by Gasteiger charge is -2.13. The van der Waals surface area contributed by atoms with Crippen molar-refractivity contribution in [3.05, 3.63) is 200 Å². The Hall–Kier alpha value is -7.89. The van der Waals surface area contributed by atoms with Crippen LogP contribution in [0.4, 0.5) is 0 Å². The van der Waals surface area contributed by atoms with Gasteiger partial charge < -0.3 is 8.98 Å². The third kappa shape index (κ3) is 6.26. The minimum absolute atomic E-state index is 0.670. The molecule has 3 aromatic heterocycles. The van der Waals surface area contributed by atoms with Crippen molar-refractivity contribution in [2.45, 2.75) is 0 Å². The fraction of sp³-hybridized carbons (Fsp3) is 0.0185. The van der Waals surface area contributed by atoms with E-state index in [0.717, 1.165) is 106 Å². The lowest BCUT2D eigenvalue weighted by molar-refractivity contribution is 0.670. The molecule has 0 aliphatic carbocycles. The van der Waals surface area contributed by atoms with Crippen LogP contribution in [0.2, 0.25) is 0 Å². The number of hydrogen-bond donors (Lipinski definition) is 0. The van der Waals surface area contributed by atoms with E-state index in [1.54, 1.807) is 0 Å². The van der Waals surface area contributed by atoms with Crippen molar-refractivity contribution in [3.8, 4) is 78.7 Å². The highest BCUT2D eigenvalue weighted by Gasteiger charge is 2.17. The standard InChI is InChI=1S/C54H36N4O/c1-58-50-33-40(28-29-47(50)57-54(58)39-18-9-4-10-19-39)36-24-26-37(27-25-36)48-34-49(56-53(55-48)38-16-7-3-8-17-38)43-31-41(35-14-5-2-6-15-35)30-42(32-43)44-21-13-22-46-45-20-11-12-23-51(45)59-52(44)46/h2-34H,1H3. The molecule has 5 heteroatoms. The lowest BCUT2D eigenvalue weighted by atomic mass is 9.93. The van der Waals surface area contributed by atoms with E-state index < -0.39 is 0 Å². The maximum atomic E-state index is 6.54. The first-order chi connectivity index (χ1) is 29.1. The molecule has 278 valence electrons. The van der Waals surface area contributed by atoms with Gasteiger partial charge in [-0.05, 0) is 70.3 Å². The van der Waals surface area contributed by atoms with Crippen molar-refractivity contribution >= 4 is 33.0 Å². The summed E-state index contributed by atoms with van der Waals surface area (Å²) in [7, 11) is 2.08. The predicted molar refractivity (Wildman–Crippen MR) is 242 cm³/mol. The molecular formula is C54H36N4O. The first kappa shape index (κ1) is 34.4. The molecule has 11 rings (SSSR count). The number of nitrogens with zero attached hydrogens (tertiary/aromatic N) is 4. The van der Waals surface area contributed by atoms with Gasteiger partial charge in [-0.1, -0.05) is 158 Å². The number of furan rings is 1. The fourth-order valence-corrected chi connectivity index (χ4v) is 8.21. The second kappa shape index (κ2) is 14.2. The number of aryl methyl sites for hydroxylation is 1. The topological polar surface area (TPSA) is 56.7 Å². The van der Waals surface area contributed by atoms with Crippen molar-refractivity contribution < 1.29 is 4.42 Å². The van der Waals surface area contributed by atoms with Gasteiger partial charge in [-0.3, -0.25) is 0 Å². The van der Waals surface area contributed by atoms with Crippen molar-refractivity contribution in [2.24, 2.45) is 7.05 Å². The first-order valence-corrected chi connectivity index (χ1v) is 19.8. The van der Waals surface area contributed by atoms with E-state index in [9.17, 15) is 0 Å². The quantitative estimate of drug-likeness (QED) is 0.162. The number of benzene rings is 8. The zero-order chi connectivity index (χ0) is 39.3. The molecule has 11 aromatic rings. The number of fused-ring (bicyclic) bond motifs is 4. The minimum Gasteiger partial charge on any atom is -0.455 e. The Balaban J connectivity index is 1.03. The van der Waals surface area contributed by atoms with E-state index in [2.05, 4.69) is 175 Å². The average Bonchev–Trinajstić information content (AvgIpc) is 3.86. The Kier molecular flexibility index (Phi) is 8.30. The molecule has 0 unspecified atom stereocenters. The zero-order valence-electron chi connectivity index (χ0n) is 32.2. The van der Waals surface area contributed by atoms with E-state index in [1.807, 2.05) is 36.4 Å². The summed E-state index contributed by atoms with van der Waals surface area (Å²) in [5.41, 5.74) is 16.1. The van der Waals surface area contributed by atoms with Crippen molar-refractivity contribution in [2.75, 3.05) is 0 Å².